The van der Waals surface area contributed by atoms with Gasteiger partial charge in [-0.15, -0.1) is 0 Å². The normalized spacial score (nSPS) is 20.9. The van der Waals surface area contributed by atoms with E-state index in [9.17, 15) is 4.79 Å². The number of hydrogen-bond donors (Lipinski definition) is 2. The lowest BCUT2D eigenvalue weighted by atomic mass is 9.81. The lowest BCUT2D eigenvalue weighted by molar-refractivity contribution is -0.120. The van der Waals surface area contributed by atoms with Crippen molar-refractivity contribution in [2.24, 2.45) is 11.7 Å². The highest BCUT2D eigenvalue weighted by Gasteiger charge is 2.25. The Morgan fingerprint density at radius 2 is 2.00 bits per heavy atom. The van der Waals surface area contributed by atoms with Crippen LogP contribution < -0.4 is 20.5 Å². The fraction of sp³-hybridized carbons (Fsp3) is 0.533. The molecule has 1 amide bonds. The first-order chi connectivity index (χ1) is 9.62. The highest BCUT2D eigenvalue weighted by molar-refractivity contribution is 5.78. The molecule has 0 radical (unpaired) electrons. The topological polar surface area (TPSA) is 73.6 Å². The molecule has 5 nitrogen and oxygen atoms in total. The van der Waals surface area contributed by atoms with E-state index in [0.717, 1.165) is 24.9 Å². The van der Waals surface area contributed by atoms with Crippen molar-refractivity contribution in [2.45, 2.75) is 25.3 Å². The summed E-state index contributed by atoms with van der Waals surface area (Å²) in [5.41, 5.74) is 6.63. The molecule has 0 saturated heterocycles. The molecule has 1 aromatic carbocycles. The molecule has 5 heteroatoms. The minimum absolute atomic E-state index is 0.0256. The molecule has 0 bridgehead atoms. The summed E-state index contributed by atoms with van der Waals surface area (Å²) in [6, 6.07) is 5.84. The van der Waals surface area contributed by atoms with Crippen molar-refractivity contribution in [1.29, 1.82) is 0 Å². The average molecular weight is 278 g/mol. The van der Waals surface area contributed by atoms with Gasteiger partial charge in [-0.05, 0) is 36.5 Å². The lowest BCUT2D eigenvalue weighted by Gasteiger charge is -2.32. The number of amides is 1. The second kappa shape index (κ2) is 6.61. The molecule has 1 aliphatic rings. The van der Waals surface area contributed by atoms with E-state index in [0.29, 0.717) is 29.9 Å². The predicted octanol–water partition coefficient (Wildman–Crippen LogP) is 1.10. The Bertz CT molecular complexity index is 470. The average Bonchev–Trinajstić information content (AvgIpc) is 2.42. The zero-order valence-electron chi connectivity index (χ0n) is 12.0. The van der Waals surface area contributed by atoms with Crippen LogP contribution >= 0.6 is 0 Å². The minimum atomic E-state index is 0.0256. The van der Waals surface area contributed by atoms with Gasteiger partial charge in [-0.25, -0.2) is 0 Å². The molecule has 0 heterocycles. The van der Waals surface area contributed by atoms with Crippen LogP contribution in [0.15, 0.2) is 18.2 Å². The molecule has 110 valence electrons. The molecule has 20 heavy (non-hydrogen) atoms. The smallest absolute Gasteiger partial charge is 0.224 e. The van der Waals surface area contributed by atoms with Crippen molar-refractivity contribution in [3.05, 3.63) is 23.8 Å². The summed E-state index contributed by atoms with van der Waals surface area (Å²) in [6.07, 6.45) is 2.37. The monoisotopic (exact) mass is 278 g/mol. The van der Waals surface area contributed by atoms with Crippen molar-refractivity contribution in [3.8, 4) is 11.5 Å². The molecule has 1 aromatic rings. The Kier molecular flexibility index (Phi) is 4.84. The third-order valence-corrected chi connectivity index (χ3v) is 3.67. The van der Waals surface area contributed by atoms with E-state index in [1.165, 1.54) is 0 Å². The Labute approximate surface area is 119 Å². The fourth-order valence-corrected chi connectivity index (χ4v) is 2.45. The van der Waals surface area contributed by atoms with Gasteiger partial charge >= 0.3 is 0 Å². The third-order valence-electron chi connectivity index (χ3n) is 3.67. The van der Waals surface area contributed by atoms with Gasteiger partial charge in [0, 0.05) is 12.6 Å². The number of nitrogens with two attached hydrogens (primary N) is 1. The molecule has 1 fully saturated rings. The predicted molar refractivity (Wildman–Crippen MR) is 77.0 cm³/mol. The molecular weight excluding hydrogens is 256 g/mol. The maximum atomic E-state index is 11.9. The summed E-state index contributed by atoms with van der Waals surface area (Å²) in [4.78, 5) is 11.9. The number of carbonyl (C=O) groups is 1. The molecule has 1 saturated carbocycles. The Morgan fingerprint density at radius 3 is 2.60 bits per heavy atom. The first kappa shape index (κ1) is 14.7. The van der Waals surface area contributed by atoms with E-state index < -0.39 is 0 Å². The number of rotatable bonds is 6. The Hall–Kier alpha value is -1.75. The molecule has 0 aliphatic heterocycles. The second-order valence-electron chi connectivity index (χ2n) is 5.27. The zero-order chi connectivity index (χ0) is 14.5. The first-order valence-corrected chi connectivity index (χ1v) is 6.85. The zero-order valence-corrected chi connectivity index (χ0v) is 12.0. The van der Waals surface area contributed by atoms with Crippen LogP contribution in [-0.2, 0) is 11.2 Å². The summed E-state index contributed by atoms with van der Waals surface area (Å²) in [5.74, 6) is 1.87. The quantitative estimate of drug-likeness (QED) is 0.817. The van der Waals surface area contributed by atoms with Crippen LogP contribution in [0.3, 0.4) is 0 Å². The van der Waals surface area contributed by atoms with E-state index in [1.54, 1.807) is 14.2 Å². The standard InChI is InChI=1S/C15H22N2O3/c1-19-13-4-3-10(7-14(13)20-2)8-15(18)17-9-11-5-12(16)6-11/h3-4,7,11-12H,5-6,8-9,16H2,1-2H3,(H,17,18). The van der Waals surface area contributed by atoms with Gasteiger partial charge in [0.15, 0.2) is 11.5 Å². The van der Waals surface area contributed by atoms with Crippen LogP contribution in [0.25, 0.3) is 0 Å². The van der Waals surface area contributed by atoms with Crippen molar-refractivity contribution in [3.63, 3.8) is 0 Å². The number of hydrogen-bond acceptors (Lipinski definition) is 4. The fourth-order valence-electron chi connectivity index (χ4n) is 2.45. The van der Waals surface area contributed by atoms with E-state index in [1.807, 2.05) is 18.2 Å². The largest absolute Gasteiger partial charge is 0.493 e. The number of methoxy groups -OCH3 is 2. The van der Waals surface area contributed by atoms with E-state index in [-0.39, 0.29) is 5.91 Å². The minimum Gasteiger partial charge on any atom is -0.493 e. The van der Waals surface area contributed by atoms with Gasteiger partial charge in [0.05, 0.1) is 20.6 Å². The second-order valence-corrected chi connectivity index (χ2v) is 5.27. The summed E-state index contributed by atoms with van der Waals surface area (Å²) in [5, 5.41) is 2.95. The van der Waals surface area contributed by atoms with Gasteiger partial charge in [-0.3, -0.25) is 4.79 Å². The van der Waals surface area contributed by atoms with Gasteiger partial charge in [0.1, 0.15) is 0 Å². The molecule has 0 unspecified atom stereocenters. The van der Waals surface area contributed by atoms with Crippen LogP contribution in [0.4, 0.5) is 0 Å². The molecule has 0 atom stereocenters. The SMILES string of the molecule is COc1ccc(CC(=O)NCC2CC(N)C2)cc1OC. The van der Waals surface area contributed by atoms with Crippen molar-refractivity contribution >= 4 is 5.91 Å². The Balaban J connectivity index is 1.84. The van der Waals surface area contributed by atoms with Gasteiger partial charge in [0.2, 0.25) is 5.91 Å². The number of nitrogens with one attached hydrogen (secondary N) is 1. The Morgan fingerprint density at radius 1 is 1.30 bits per heavy atom. The molecule has 0 aromatic heterocycles. The van der Waals surface area contributed by atoms with Crippen LogP contribution in [0.2, 0.25) is 0 Å². The van der Waals surface area contributed by atoms with E-state index >= 15 is 0 Å². The van der Waals surface area contributed by atoms with Gasteiger partial charge in [-0.2, -0.15) is 0 Å². The van der Waals surface area contributed by atoms with Crippen molar-refractivity contribution in [1.82, 2.24) is 5.32 Å². The van der Waals surface area contributed by atoms with Crippen molar-refractivity contribution < 1.29 is 14.3 Å². The van der Waals surface area contributed by atoms with Crippen LogP contribution in [0, 0.1) is 5.92 Å². The maximum Gasteiger partial charge on any atom is 0.224 e. The van der Waals surface area contributed by atoms with Crippen LogP contribution in [-0.4, -0.2) is 32.7 Å². The lowest BCUT2D eigenvalue weighted by Crippen LogP contribution is -2.42. The van der Waals surface area contributed by atoms with E-state index in [2.05, 4.69) is 5.32 Å². The maximum absolute atomic E-state index is 11.9. The third kappa shape index (κ3) is 3.63. The van der Waals surface area contributed by atoms with Gasteiger partial charge in [0.25, 0.3) is 0 Å². The summed E-state index contributed by atoms with van der Waals surface area (Å²) in [6.45, 7) is 0.722. The first-order valence-electron chi connectivity index (χ1n) is 6.85. The number of ether oxygens (including phenoxy) is 2. The van der Waals surface area contributed by atoms with E-state index in [4.69, 9.17) is 15.2 Å². The summed E-state index contributed by atoms with van der Waals surface area (Å²) < 4.78 is 10.4. The number of benzene rings is 1. The highest BCUT2D eigenvalue weighted by atomic mass is 16.5. The van der Waals surface area contributed by atoms with Gasteiger partial charge in [-0.1, -0.05) is 6.07 Å². The van der Waals surface area contributed by atoms with Crippen LogP contribution in [0.1, 0.15) is 18.4 Å². The summed E-state index contributed by atoms with van der Waals surface area (Å²) >= 11 is 0. The molecule has 0 spiro atoms. The molecule has 3 N–H and O–H groups in total. The van der Waals surface area contributed by atoms with Crippen LogP contribution in [0.5, 0.6) is 11.5 Å². The molecule has 1 aliphatic carbocycles. The van der Waals surface area contributed by atoms with Gasteiger partial charge < -0.3 is 20.5 Å². The molecule has 2 rings (SSSR count). The number of carbonyl (C=O) groups excluding carboxylic acids is 1. The highest BCUT2D eigenvalue weighted by Crippen LogP contribution is 2.28. The summed E-state index contributed by atoms with van der Waals surface area (Å²) in [7, 11) is 3.18. The van der Waals surface area contributed by atoms with Crippen molar-refractivity contribution in [2.75, 3.05) is 20.8 Å². The molecular formula is C15H22N2O3.